The number of aromatic nitrogens is 1. The molecule has 0 N–H and O–H groups in total. The van der Waals surface area contributed by atoms with Gasteiger partial charge in [0, 0.05) is 38.2 Å². The van der Waals surface area contributed by atoms with Crippen molar-refractivity contribution in [3.8, 4) is 0 Å². The van der Waals surface area contributed by atoms with Gasteiger partial charge in [-0.25, -0.2) is 4.98 Å². The number of ether oxygens (including phenoxy) is 2. The van der Waals surface area contributed by atoms with Crippen LogP contribution in [-0.4, -0.2) is 42.0 Å². The zero-order valence-electron chi connectivity index (χ0n) is 12.0. The van der Waals surface area contributed by atoms with E-state index in [0.717, 1.165) is 25.7 Å². The first-order valence-electron chi connectivity index (χ1n) is 7.21. The zero-order chi connectivity index (χ0) is 14.9. The summed E-state index contributed by atoms with van der Waals surface area (Å²) in [4.78, 5) is 16.8. The van der Waals surface area contributed by atoms with Gasteiger partial charge < -0.3 is 14.4 Å². The molecule has 0 amide bonds. The minimum absolute atomic E-state index is 0.0497. The number of nitro groups is 1. The maximum Gasteiger partial charge on any atom is 0.311 e. The molecule has 7 heteroatoms. The molecule has 1 aromatic heterocycles. The van der Waals surface area contributed by atoms with E-state index in [2.05, 4.69) is 4.98 Å². The molecule has 2 aliphatic rings. The van der Waals surface area contributed by atoms with Gasteiger partial charge in [-0.15, -0.1) is 0 Å². The first-order chi connectivity index (χ1) is 10.1. The fraction of sp³-hybridized carbons (Fsp3) is 0.643. The van der Waals surface area contributed by atoms with Crippen LogP contribution in [0.2, 0.25) is 0 Å². The number of hydrogen-bond acceptors (Lipinski definition) is 6. The standard InChI is InChI=1S/C14H19N3O4/c1-16(13-12(17(18)19)3-2-8-15-13)11-4-6-14(7-5-11)20-9-10-21-14/h2-3,8,11H,4-7,9-10H2,1H3. The average Bonchev–Trinajstić information content (AvgIpc) is 2.95. The highest BCUT2D eigenvalue weighted by Gasteiger charge is 2.41. The van der Waals surface area contributed by atoms with Crippen molar-refractivity contribution in [2.24, 2.45) is 0 Å². The van der Waals surface area contributed by atoms with Crippen LogP contribution in [0.1, 0.15) is 25.7 Å². The zero-order valence-corrected chi connectivity index (χ0v) is 12.0. The van der Waals surface area contributed by atoms with Gasteiger partial charge in [0.05, 0.1) is 18.1 Å². The molecule has 1 spiro atoms. The second-order valence-electron chi connectivity index (χ2n) is 5.55. The second-order valence-corrected chi connectivity index (χ2v) is 5.55. The molecule has 0 unspecified atom stereocenters. The Morgan fingerprint density at radius 3 is 2.67 bits per heavy atom. The van der Waals surface area contributed by atoms with E-state index in [9.17, 15) is 10.1 Å². The summed E-state index contributed by atoms with van der Waals surface area (Å²) in [5, 5.41) is 11.1. The Balaban J connectivity index is 1.72. The molecule has 1 aliphatic carbocycles. The number of pyridine rings is 1. The monoisotopic (exact) mass is 293 g/mol. The van der Waals surface area contributed by atoms with Crippen LogP contribution < -0.4 is 4.90 Å². The first kappa shape index (κ1) is 14.2. The van der Waals surface area contributed by atoms with Crippen LogP contribution in [0.5, 0.6) is 0 Å². The SMILES string of the molecule is CN(c1ncccc1[N+](=O)[O-])C1CCC2(CC1)OCCO2. The Labute approximate surface area is 123 Å². The van der Waals surface area contributed by atoms with Crippen molar-refractivity contribution in [3.63, 3.8) is 0 Å². The van der Waals surface area contributed by atoms with E-state index in [-0.39, 0.29) is 16.7 Å². The number of anilines is 1. The van der Waals surface area contributed by atoms with Crippen molar-refractivity contribution < 1.29 is 14.4 Å². The molecule has 1 saturated carbocycles. The van der Waals surface area contributed by atoms with Gasteiger partial charge in [-0.05, 0) is 18.9 Å². The van der Waals surface area contributed by atoms with E-state index in [1.807, 2.05) is 11.9 Å². The highest BCUT2D eigenvalue weighted by atomic mass is 16.7. The second kappa shape index (κ2) is 5.57. The van der Waals surface area contributed by atoms with E-state index >= 15 is 0 Å². The van der Waals surface area contributed by atoms with Crippen molar-refractivity contribution in [2.45, 2.75) is 37.5 Å². The minimum Gasteiger partial charge on any atom is -0.351 e. The molecule has 21 heavy (non-hydrogen) atoms. The maximum atomic E-state index is 11.1. The fourth-order valence-electron chi connectivity index (χ4n) is 3.19. The van der Waals surface area contributed by atoms with Crippen molar-refractivity contribution >= 4 is 11.5 Å². The normalized spacial score (nSPS) is 21.6. The lowest BCUT2D eigenvalue weighted by Crippen LogP contribution is -2.43. The Kier molecular flexibility index (Phi) is 3.77. The summed E-state index contributed by atoms with van der Waals surface area (Å²) in [6.07, 6.45) is 4.99. The van der Waals surface area contributed by atoms with Crippen molar-refractivity contribution in [3.05, 3.63) is 28.4 Å². The van der Waals surface area contributed by atoms with E-state index in [4.69, 9.17) is 9.47 Å². The Morgan fingerprint density at radius 1 is 1.38 bits per heavy atom. The number of nitrogens with zero attached hydrogens (tertiary/aromatic N) is 3. The Hall–Kier alpha value is -1.73. The van der Waals surface area contributed by atoms with Gasteiger partial charge in [0.1, 0.15) is 0 Å². The van der Waals surface area contributed by atoms with Gasteiger partial charge in [0.25, 0.3) is 0 Å². The van der Waals surface area contributed by atoms with Crippen LogP contribution in [-0.2, 0) is 9.47 Å². The van der Waals surface area contributed by atoms with E-state index in [0.29, 0.717) is 19.0 Å². The topological polar surface area (TPSA) is 77.7 Å². The predicted octanol–water partition coefficient (Wildman–Crippen LogP) is 2.11. The van der Waals surface area contributed by atoms with Crippen LogP contribution in [0.15, 0.2) is 18.3 Å². The maximum absolute atomic E-state index is 11.1. The molecule has 0 atom stereocenters. The predicted molar refractivity (Wildman–Crippen MR) is 76.2 cm³/mol. The largest absolute Gasteiger partial charge is 0.351 e. The van der Waals surface area contributed by atoms with Gasteiger partial charge in [-0.2, -0.15) is 0 Å². The van der Waals surface area contributed by atoms with Gasteiger partial charge in [-0.1, -0.05) is 0 Å². The van der Waals surface area contributed by atoms with Gasteiger partial charge in [0.2, 0.25) is 5.82 Å². The molecular weight excluding hydrogens is 274 g/mol. The third-order valence-corrected chi connectivity index (χ3v) is 4.38. The summed E-state index contributed by atoms with van der Waals surface area (Å²) in [7, 11) is 1.87. The quantitative estimate of drug-likeness (QED) is 0.627. The number of hydrogen-bond donors (Lipinski definition) is 0. The molecule has 0 bridgehead atoms. The van der Waals surface area contributed by atoms with Gasteiger partial charge in [-0.3, -0.25) is 10.1 Å². The third kappa shape index (κ3) is 2.71. The summed E-state index contributed by atoms with van der Waals surface area (Å²) >= 11 is 0. The lowest BCUT2D eigenvalue weighted by Gasteiger charge is -2.39. The molecule has 2 heterocycles. The minimum atomic E-state index is -0.409. The molecule has 114 valence electrons. The van der Waals surface area contributed by atoms with E-state index in [1.165, 1.54) is 6.07 Å². The van der Waals surface area contributed by atoms with Crippen LogP contribution >= 0.6 is 0 Å². The molecule has 1 aliphatic heterocycles. The lowest BCUT2D eigenvalue weighted by atomic mass is 9.89. The Morgan fingerprint density at radius 2 is 2.05 bits per heavy atom. The summed E-state index contributed by atoms with van der Waals surface area (Å²) in [6, 6.07) is 3.30. The van der Waals surface area contributed by atoms with Crippen LogP contribution in [0, 0.1) is 10.1 Å². The molecule has 0 aromatic carbocycles. The Bertz CT molecular complexity index is 521. The molecule has 1 aromatic rings. The molecule has 7 nitrogen and oxygen atoms in total. The molecule has 1 saturated heterocycles. The highest BCUT2D eigenvalue weighted by Crippen LogP contribution is 2.38. The van der Waals surface area contributed by atoms with E-state index < -0.39 is 5.79 Å². The van der Waals surface area contributed by atoms with Gasteiger partial charge >= 0.3 is 5.69 Å². The third-order valence-electron chi connectivity index (χ3n) is 4.38. The van der Waals surface area contributed by atoms with Crippen LogP contribution in [0.4, 0.5) is 11.5 Å². The van der Waals surface area contributed by atoms with Crippen molar-refractivity contribution in [2.75, 3.05) is 25.2 Å². The fourth-order valence-corrected chi connectivity index (χ4v) is 3.19. The summed E-state index contributed by atoms with van der Waals surface area (Å²) in [5.41, 5.74) is 0.0497. The van der Waals surface area contributed by atoms with Crippen LogP contribution in [0.25, 0.3) is 0 Å². The molecular formula is C14H19N3O4. The van der Waals surface area contributed by atoms with Crippen molar-refractivity contribution in [1.82, 2.24) is 4.98 Å². The first-order valence-corrected chi connectivity index (χ1v) is 7.21. The average molecular weight is 293 g/mol. The molecule has 0 radical (unpaired) electrons. The summed E-state index contributed by atoms with van der Waals surface area (Å²) < 4.78 is 11.4. The highest BCUT2D eigenvalue weighted by molar-refractivity contribution is 5.57. The molecule has 2 fully saturated rings. The van der Waals surface area contributed by atoms with E-state index in [1.54, 1.807) is 12.3 Å². The molecule has 3 rings (SSSR count). The number of rotatable bonds is 3. The van der Waals surface area contributed by atoms with Gasteiger partial charge in [0.15, 0.2) is 5.79 Å². The lowest BCUT2D eigenvalue weighted by molar-refractivity contribution is -0.384. The smallest absolute Gasteiger partial charge is 0.311 e. The van der Waals surface area contributed by atoms with Crippen molar-refractivity contribution in [1.29, 1.82) is 0 Å². The summed E-state index contributed by atoms with van der Waals surface area (Å²) in [6.45, 7) is 1.32. The van der Waals surface area contributed by atoms with Crippen LogP contribution in [0.3, 0.4) is 0 Å². The summed E-state index contributed by atoms with van der Waals surface area (Å²) in [5.74, 6) is 0.0182.